The van der Waals surface area contributed by atoms with Crippen molar-refractivity contribution in [2.24, 2.45) is 11.0 Å². The molecule has 0 spiro atoms. The molecule has 0 N–H and O–H groups in total. The summed E-state index contributed by atoms with van der Waals surface area (Å²) in [7, 11) is 1.59. The molecule has 2 aromatic carbocycles. The molecule has 33 heavy (non-hydrogen) atoms. The molecule has 0 atom stereocenters. The van der Waals surface area contributed by atoms with Crippen LogP contribution in [0, 0.1) is 5.92 Å². The van der Waals surface area contributed by atoms with Crippen molar-refractivity contribution in [2.45, 2.75) is 32.1 Å². The van der Waals surface area contributed by atoms with E-state index in [4.69, 9.17) is 4.74 Å². The fourth-order valence-corrected chi connectivity index (χ4v) is 4.35. The molecule has 0 unspecified atom stereocenters. The minimum atomic E-state index is -0.126. The summed E-state index contributed by atoms with van der Waals surface area (Å²) in [5.74, 6) is 0.585. The van der Waals surface area contributed by atoms with Gasteiger partial charge in [-0.05, 0) is 42.7 Å². The zero-order valence-electron chi connectivity index (χ0n) is 18.9. The summed E-state index contributed by atoms with van der Waals surface area (Å²) in [6.45, 7) is 1.63. The van der Waals surface area contributed by atoms with E-state index in [2.05, 4.69) is 5.10 Å². The second-order valence-electron chi connectivity index (χ2n) is 8.43. The average molecular weight is 448 g/mol. The highest BCUT2D eigenvalue weighted by molar-refractivity contribution is 6.02. The van der Waals surface area contributed by atoms with Crippen LogP contribution in [-0.4, -0.2) is 60.0 Å². The van der Waals surface area contributed by atoms with Gasteiger partial charge in [0.2, 0.25) is 11.8 Å². The molecule has 4 rings (SSSR count). The lowest BCUT2D eigenvalue weighted by molar-refractivity contribution is -0.137. The third-order valence-electron chi connectivity index (χ3n) is 6.34. The smallest absolute Gasteiger partial charge is 0.243 e. The van der Waals surface area contributed by atoms with Gasteiger partial charge in [0, 0.05) is 43.8 Å². The van der Waals surface area contributed by atoms with Gasteiger partial charge in [-0.15, -0.1) is 0 Å². The van der Waals surface area contributed by atoms with E-state index in [0.717, 1.165) is 23.4 Å². The number of carbonyl (C=O) groups excluding carboxylic acids is 3. The number of hydrogen-bond donors (Lipinski definition) is 0. The number of hydrogen-bond acceptors (Lipinski definition) is 5. The van der Waals surface area contributed by atoms with Crippen LogP contribution >= 0.6 is 0 Å². The largest absolute Gasteiger partial charge is 0.497 e. The van der Waals surface area contributed by atoms with E-state index in [0.29, 0.717) is 38.0 Å². The quantitative estimate of drug-likeness (QED) is 0.608. The monoisotopic (exact) mass is 447 g/mol. The molecule has 0 radical (unpaired) electrons. The summed E-state index contributed by atoms with van der Waals surface area (Å²) in [6.07, 6.45) is 2.32. The number of amides is 2. The Hall–Kier alpha value is -3.48. The van der Waals surface area contributed by atoms with Crippen molar-refractivity contribution in [1.29, 1.82) is 0 Å². The first-order chi connectivity index (χ1) is 16.0. The third-order valence-corrected chi connectivity index (χ3v) is 6.34. The van der Waals surface area contributed by atoms with Crippen LogP contribution in [0.1, 0.15) is 48.0 Å². The summed E-state index contributed by atoms with van der Waals surface area (Å²) >= 11 is 0. The van der Waals surface area contributed by atoms with Crippen molar-refractivity contribution in [2.75, 3.05) is 26.7 Å². The maximum atomic E-state index is 12.8. The van der Waals surface area contributed by atoms with E-state index in [9.17, 15) is 14.4 Å². The van der Waals surface area contributed by atoms with Gasteiger partial charge in [-0.3, -0.25) is 14.4 Å². The summed E-state index contributed by atoms with van der Waals surface area (Å²) in [4.78, 5) is 39.7. The van der Waals surface area contributed by atoms with Gasteiger partial charge in [-0.1, -0.05) is 30.3 Å². The van der Waals surface area contributed by atoms with E-state index in [1.165, 1.54) is 5.01 Å². The second kappa shape index (κ2) is 10.4. The maximum absolute atomic E-state index is 12.8. The highest BCUT2D eigenvalue weighted by Crippen LogP contribution is 2.24. The van der Waals surface area contributed by atoms with Crippen molar-refractivity contribution in [1.82, 2.24) is 9.91 Å². The first-order valence-corrected chi connectivity index (χ1v) is 11.4. The molecule has 7 heteroatoms. The summed E-state index contributed by atoms with van der Waals surface area (Å²) in [5, 5.41) is 5.93. The van der Waals surface area contributed by atoms with Crippen LogP contribution in [0.15, 0.2) is 59.7 Å². The van der Waals surface area contributed by atoms with Gasteiger partial charge in [-0.2, -0.15) is 5.10 Å². The standard InChI is InChI=1S/C26H29N3O4/c1-33-22-9-7-20(8-10-22)26(32)21-13-16-28(17-14-21)24(30)11-12-25(31)29-18-15-23(27-29)19-5-3-2-4-6-19/h2-10,21H,11-18H2,1H3. The summed E-state index contributed by atoms with van der Waals surface area (Å²) in [6, 6.07) is 17.0. The number of likely N-dealkylation sites (tertiary alicyclic amines) is 1. The van der Waals surface area contributed by atoms with Gasteiger partial charge in [0.05, 0.1) is 19.4 Å². The van der Waals surface area contributed by atoms with Crippen molar-refractivity contribution < 1.29 is 19.1 Å². The number of piperidine rings is 1. The fraction of sp³-hybridized carbons (Fsp3) is 0.385. The lowest BCUT2D eigenvalue weighted by Crippen LogP contribution is -2.40. The molecule has 0 bridgehead atoms. The Kier molecular flexibility index (Phi) is 7.17. The van der Waals surface area contributed by atoms with Crippen LogP contribution in [0.5, 0.6) is 5.75 Å². The highest BCUT2D eigenvalue weighted by Gasteiger charge is 2.29. The van der Waals surface area contributed by atoms with Crippen molar-refractivity contribution in [3.63, 3.8) is 0 Å². The van der Waals surface area contributed by atoms with Crippen molar-refractivity contribution >= 4 is 23.3 Å². The Morgan fingerprint density at radius 3 is 2.24 bits per heavy atom. The van der Waals surface area contributed by atoms with Gasteiger partial charge >= 0.3 is 0 Å². The first kappa shape index (κ1) is 22.7. The molecule has 2 amide bonds. The number of carbonyl (C=O) groups is 3. The number of benzene rings is 2. The topological polar surface area (TPSA) is 79.3 Å². The number of ketones is 1. The molecule has 0 aliphatic carbocycles. The molecule has 1 fully saturated rings. The molecule has 0 saturated carbocycles. The zero-order chi connectivity index (χ0) is 23.2. The summed E-state index contributed by atoms with van der Waals surface area (Å²) < 4.78 is 5.14. The number of hydrazone groups is 1. The van der Waals surface area contributed by atoms with E-state index in [1.807, 2.05) is 30.3 Å². The maximum Gasteiger partial charge on any atom is 0.243 e. The van der Waals surface area contributed by atoms with E-state index >= 15 is 0 Å². The minimum Gasteiger partial charge on any atom is -0.497 e. The Bertz CT molecular complexity index is 1030. The molecule has 1 saturated heterocycles. The van der Waals surface area contributed by atoms with Crippen LogP contribution in [0.4, 0.5) is 0 Å². The molecule has 7 nitrogen and oxygen atoms in total. The van der Waals surface area contributed by atoms with E-state index in [-0.39, 0.29) is 36.4 Å². The third kappa shape index (κ3) is 5.48. The predicted octanol–water partition coefficient (Wildman–Crippen LogP) is 3.53. The zero-order valence-corrected chi connectivity index (χ0v) is 18.9. The molecule has 172 valence electrons. The molecule has 0 aromatic heterocycles. The van der Waals surface area contributed by atoms with Gasteiger partial charge in [-0.25, -0.2) is 5.01 Å². The number of Topliss-reactive ketones (excluding diaryl/α,β-unsaturated/α-hetero) is 1. The van der Waals surface area contributed by atoms with Crippen molar-refractivity contribution in [3.8, 4) is 5.75 Å². The number of methoxy groups -OCH3 is 1. The number of rotatable bonds is 7. The van der Waals surface area contributed by atoms with Crippen LogP contribution in [-0.2, 0) is 9.59 Å². The van der Waals surface area contributed by atoms with Crippen LogP contribution in [0.2, 0.25) is 0 Å². The minimum absolute atomic E-state index is 0.0369. The number of ether oxygens (including phenoxy) is 1. The Labute approximate surface area is 194 Å². The van der Waals surface area contributed by atoms with Crippen LogP contribution in [0.3, 0.4) is 0 Å². The lowest BCUT2D eigenvalue weighted by Gasteiger charge is -2.31. The van der Waals surface area contributed by atoms with Gasteiger partial charge in [0.15, 0.2) is 5.78 Å². The fourth-order valence-electron chi connectivity index (χ4n) is 4.35. The van der Waals surface area contributed by atoms with Crippen LogP contribution < -0.4 is 4.74 Å². The summed E-state index contributed by atoms with van der Waals surface area (Å²) in [5.41, 5.74) is 2.60. The Morgan fingerprint density at radius 2 is 1.58 bits per heavy atom. The Balaban J connectivity index is 1.23. The van der Waals surface area contributed by atoms with Gasteiger partial charge < -0.3 is 9.64 Å². The number of nitrogens with zero attached hydrogens (tertiary/aromatic N) is 3. The average Bonchev–Trinajstić information content (AvgIpc) is 3.38. The molecule has 2 aliphatic rings. The van der Waals surface area contributed by atoms with Crippen LogP contribution in [0.25, 0.3) is 0 Å². The normalized spacial score (nSPS) is 16.5. The molecular formula is C26H29N3O4. The SMILES string of the molecule is COc1ccc(C(=O)C2CCN(C(=O)CCC(=O)N3CCC(c4ccccc4)=N3)CC2)cc1. The Morgan fingerprint density at radius 1 is 0.909 bits per heavy atom. The predicted molar refractivity (Wildman–Crippen MR) is 125 cm³/mol. The molecule has 2 heterocycles. The van der Waals surface area contributed by atoms with E-state index in [1.54, 1.807) is 36.3 Å². The van der Waals surface area contributed by atoms with E-state index < -0.39 is 0 Å². The highest BCUT2D eigenvalue weighted by atomic mass is 16.5. The van der Waals surface area contributed by atoms with Gasteiger partial charge in [0.25, 0.3) is 0 Å². The van der Waals surface area contributed by atoms with Gasteiger partial charge in [0.1, 0.15) is 5.75 Å². The lowest BCUT2D eigenvalue weighted by atomic mass is 9.88. The van der Waals surface area contributed by atoms with Crippen molar-refractivity contribution in [3.05, 3.63) is 65.7 Å². The molecule has 2 aromatic rings. The molecular weight excluding hydrogens is 418 g/mol. The molecule has 2 aliphatic heterocycles. The second-order valence-corrected chi connectivity index (χ2v) is 8.43. The first-order valence-electron chi connectivity index (χ1n) is 11.4.